The lowest BCUT2D eigenvalue weighted by Crippen LogP contribution is -2.18. The van der Waals surface area contributed by atoms with Gasteiger partial charge in [0.05, 0.1) is 0 Å². The van der Waals surface area contributed by atoms with E-state index in [-0.39, 0.29) is 0 Å². The molecular weight excluding hydrogens is 306 g/mol. The molecule has 3 rings (SSSR count). The van der Waals surface area contributed by atoms with E-state index < -0.39 is 6.10 Å². The van der Waals surface area contributed by atoms with E-state index in [4.69, 9.17) is 23.8 Å². The summed E-state index contributed by atoms with van der Waals surface area (Å²) in [6, 6.07) is 7.60. The lowest BCUT2D eigenvalue weighted by atomic mass is 9.95. The van der Waals surface area contributed by atoms with Crippen molar-refractivity contribution in [1.82, 2.24) is 14.8 Å². The second-order valence-electron chi connectivity index (χ2n) is 5.47. The predicted octanol–water partition coefficient (Wildman–Crippen LogP) is 4.18. The Hall–Kier alpha value is -1.17. The third-order valence-corrected chi connectivity index (χ3v) is 4.75. The minimum atomic E-state index is -0.867. The summed E-state index contributed by atoms with van der Waals surface area (Å²) in [5, 5.41) is 18.3. The van der Waals surface area contributed by atoms with Crippen molar-refractivity contribution in [3.05, 3.63) is 45.4 Å². The molecule has 0 radical (unpaired) electrons. The van der Waals surface area contributed by atoms with E-state index in [9.17, 15) is 5.11 Å². The van der Waals surface area contributed by atoms with E-state index >= 15 is 0 Å². The molecule has 0 aliphatic heterocycles. The van der Waals surface area contributed by atoms with Crippen LogP contribution >= 0.6 is 23.8 Å². The number of aliphatic hydroxyl groups is 1. The molecule has 21 heavy (non-hydrogen) atoms. The molecule has 2 N–H and O–H groups in total. The van der Waals surface area contributed by atoms with Gasteiger partial charge in [0, 0.05) is 16.6 Å². The number of hydrogen-bond acceptors (Lipinski definition) is 3. The zero-order chi connectivity index (χ0) is 14.8. The van der Waals surface area contributed by atoms with Crippen LogP contribution in [0, 0.1) is 4.77 Å². The van der Waals surface area contributed by atoms with Crippen LogP contribution in [0.3, 0.4) is 0 Å². The van der Waals surface area contributed by atoms with Gasteiger partial charge in [0.1, 0.15) is 6.10 Å². The quantitative estimate of drug-likeness (QED) is 0.833. The van der Waals surface area contributed by atoms with E-state index in [0.29, 0.717) is 27.2 Å². The van der Waals surface area contributed by atoms with Gasteiger partial charge in [-0.2, -0.15) is 5.10 Å². The predicted molar refractivity (Wildman–Crippen MR) is 85.0 cm³/mol. The van der Waals surface area contributed by atoms with Gasteiger partial charge in [-0.1, -0.05) is 49.1 Å². The maximum absolute atomic E-state index is 10.7. The number of rotatable bonds is 3. The highest BCUT2D eigenvalue weighted by Gasteiger charge is 2.25. The van der Waals surface area contributed by atoms with Crippen LogP contribution in [-0.2, 0) is 0 Å². The van der Waals surface area contributed by atoms with Crippen molar-refractivity contribution < 1.29 is 5.11 Å². The molecule has 0 spiro atoms. The maximum Gasteiger partial charge on any atom is 0.195 e. The van der Waals surface area contributed by atoms with Gasteiger partial charge in [0.15, 0.2) is 10.6 Å². The standard InChI is InChI=1S/C15H18ClN3OS/c16-12-9-5-4-8-11(12)13(20)14-17-18-15(21)19(14)10-6-2-1-3-7-10/h4-5,8-10,13,20H,1-3,6-7H2,(H,18,21). The van der Waals surface area contributed by atoms with Gasteiger partial charge in [0.2, 0.25) is 0 Å². The van der Waals surface area contributed by atoms with E-state index in [1.165, 1.54) is 19.3 Å². The normalized spacial score (nSPS) is 17.8. The first kappa shape index (κ1) is 14.8. The fraction of sp³-hybridized carbons (Fsp3) is 0.467. The number of H-pyrrole nitrogens is 1. The van der Waals surface area contributed by atoms with Gasteiger partial charge in [-0.15, -0.1) is 0 Å². The van der Waals surface area contributed by atoms with Crippen LogP contribution in [0.1, 0.15) is 55.6 Å². The fourth-order valence-electron chi connectivity index (χ4n) is 3.04. The van der Waals surface area contributed by atoms with Gasteiger partial charge in [-0.25, -0.2) is 0 Å². The first-order chi connectivity index (χ1) is 10.2. The molecule has 1 saturated carbocycles. The number of halogens is 1. The smallest absolute Gasteiger partial charge is 0.195 e. The van der Waals surface area contributed by atoms with Crippen LogP contribution in [-0.4, -0.2) is 19.9 Å². The number of nitrogens with zero attached hydrogens (tertiary/aromatic N) is 2. The summed E-state index contributed by atoms with van der Waals surface area (Å²) >= 11 is 11.5. The van der Waals surface area contributed by atoms with Crippen molar-refractivity contribution >= 4 is 23.8 Å². The number of nitrogens with one attached hydrogen (secondary N) is 1. The van der Waals surface area contributed by atoms with Crippen LogP contribution in [0.25, 0.3) is 0 Å². The van der Waals surface area contributed by atoms with E-state index in [0.717, 1.165) is 12.8 Å². The Morgan fingerprint density at radius 3 is 2.71 bits per heavy atom. The highest BCUT2D eigenvalue weighted by atomic mass is 35.5. The SMILES string of the molecule is OC(c1ccccc1Cl)c1n[nH]c(=S)n1C1CCCCC1. The summed E-state index contributed by atoms with van der Waals surface area (Å²) in [5.41, 5.74) is 0.658. The first-order valence-electron chi connectivity index (χ1n) is 7.28. The molecule has 1 aliphatic carbocycles. The van der Waals surface area contributed by atoms with Crippen LogP contribution in [0.4, 0.5) is 0 Å². The van der Waals surface area contributed by atoms with Gasteiger partial charge in [0.25, 0.3) is 0 Å². The van der Waals surface area contributed by atoms with Crippen molar-refractivity contribution in [2.24, 2.45) is 0 Å². The van der Waals surface area contributed by atoms with Crippen molar-refractivity contribution in [2.45, 2.75) is 44.2 Å². The Balaban J connectivity index is 1.99. The average Bonchev–Trinajstić information content (AvgIpc) is 2.90. The van der Waals surface area contributed by atoms with Crippen LogP contribution < -0.4 is 0 Å². The first-order valence-corrected chi connectivity index (χ1v) is 8.06. The molecule has 112 valence electrons. The molecule has 1 aliphatic rings. The molecule has 1 atom stereocenters. The summed E-state index contributed by atoms with van der Waals surface area (Å²) in [5.74, 6) is 0.556. The number of benzene rings is 1. The maximum atomic E-state index is 10.7. The minimum absolute atomic E-state index is 0.317. The minimum Gasteiger partial charge on any atom is -0.380 e. The third kappa shape index (κ3) is 2.91. The molecule has 1 fully saturated rings. The fourth-order valence-corrected chi connectivity index (χ4v) is 3.57. The zero-order valence-corrected chi connectivity index (χ0v) is 13.2. The van der Waals surface area contributed by atoms with Crippen LogP contribution in [0.5, 0.6) is 0 Å². The number of aromatic nitrogens is 3. The Morgan fingerprint density at radius 1 is 1.29 bits per heavy atom. The Morgan fingerprint density at radius 2 is 2.00 bits per heavy atom. The summed E-state index contributed by atoms with van der Waals surface area (Å²) in [7, 11) is 0. The summed E-state index contributed by atoms with van der Waals surface area (Å²) < 4.78 is 2.55. The summed E-state index contributed by atoms with van der Waals surface area (Å²) in [4.78, 5) is 0. The molecule has 6 heteroatoms. The number of aliphatic hydroxyl groups excluding tert-OH is 1. The van der Waals surface area contributed by atoms with Gasteiger partial charge in [-0.3, -0.25) is 9.67 Å². The molecule has 1 aromatic heterocycles. The number of hydrogen-bond donors (Lipinski definition) is 2. The molecular formula is C15H18ClN3OS. The van der Waals surface area contributed by atoms with E-state index in [2.05, 4.69) is 10.2 Å². The third-order valence-electron chi connectivity index (χ3n) is 4.12. The monoisotopic (exact) mass is 323 g/mol. The number of aromatic amines is 1. The van der Waals surface area contributed by atoms with Gasteiger partial charge < -0.3 is 5.11 Å². The van der Waals surface area contributed by atoms with E-state index in [1.807, 2.05) is 22.8 Å². The second-order valence-corrected chi connectivity index (χ2v) is 6.27. The van der Waals surface area contributed by atoms with Crippen molar-refractivity contribution in [1.29, 1.82) is 0 Å². The Kier molecular flexibility index (Phi) is 4.42. The Bertz CT molecular complexity index is 676. The molecule has 0 saturated heterocycles. The molecule has 1 unspecified atom stereocenters. The molecule has 1 aromatic carbocycles. The van der Waals surface area contributed by atoms with Crippen LogP contribution in [0.15, 0.2) is 24.3 Å². The van der Waals surface area contributed by atoms with Crippen molar-refractivity contribution in [2.75, 3.05) is 0 Å². The van der Waals surface area contributed by atoms with Crippen LogP contribution in [0.2, 0.25) is 5.02 Å². The van der Waals surface area contributed by atoms with Crippen molar-refractivity contribution in [3.63, 3.8) is 0 Å². The second kappa shape index (κ2) is 6.30. The molecule has 0 amide bonds. The van der Waals surface area contributed by atoms with Gasteiger partial charge >= 0.3 is 0 Å². The molecule has 4 nitrogen and oxygen atoms in total. The highest BCUT2D eigenvalue weighted by Crippen LogP contribution is 2.33. The molecule has 1 heterocycles. The van der Waals surface area contributed by atoms with Crippen molar-refractivity contribution in [3.8, 4) is 0 Å². The molecule has 2 aromatic rings. The van der Waals surface area contributed by atoms with E-state index in [1.54, 1.807) is 6.07 Å². The zero-order valence-electron chi connectivity index (χ0n) is 11.6. The molecule has 0 bridgehead atoms. The highest BCUT2D eigenvalue weighted by molar-refractivity contribution is 7.71. The van der Waals surface area contributed by atoms with Gasteiger partial charge in [-0.05, 0) is 31.1 Å². The topological polar surface area (TPSA) is 53.8 Å². The Labute approximate surface area is 133 Å². The average molecular weight is 324 g/mol. The lowest BCUT2D eigenvalue weighted by Gasteiger charge is -2.25. The largest absolute Gasteiger partial charge is 0.380 e. The lowest BCUT2D eigenvalue weighted by molar-refractivity contribution is 0.196. The summed E-state index contributed by atoms with van der Waals surface area (Å²) in [6.07, 6.45) is 4.95. The summed E-state index contributed by atoms with van der Waals surface area (Å²) in [6.45, 7) is 0.